The van der Waals surface area contributed by atoms with E-state index in [0.717, 1.165) is 12.2 Å². The number of unbranched alkanes of at least 4 members (excludes halogenated alkanes) is 4. The van der Waals surface area contributed by atoms with Crippen LogP contribution in [0.15, 0.2) is 48.5 Å². The Labute approximate surface area is 165 Å². The van der Waals surface area contributed by atoms with Crippen LogP contribution in [-0.4, -0.2) is 25.8 Å². The Balaban J connectivity index is 1.79. The lowest BCUT2D eigenvalue weighted by atomic mass is 10.2. The molecule has 0 saturated carbocycles. The Morgan fingerprint density at radius 3 is 1.96 bits per heavy atom. The summed E-state index contributed by atoms with van der Waals surface area (Å²) in [6.45, 7) is 2.88. The Bertz CT molecular complexity index is 737. The number of carbonyl (C=O) groups excluding carboxylic acids is 2. The van der Waals surface area contributed by atoms with E-state index >= 15 is 0 Å². The van der Waals surface area contributed by atoms with E-state index in [1.807, 2.05) is 0 Å². The maximum Gasteiger partial charge on any atom is 0.513 e. The first-order chi connectivity index (χ1) is 13.6. The minimum atomic E-state index is -0.821. The van der Waals surface area contributed by atoms with Crippen molar-refractivity contribution in [2.24, 2.45) is 0 Å². The van der Waals surface area contributed by atoms with Gasteiger partial charge in [-0.1, -0.05) is 32.6 Å². The Morgan fingerprint density at radius 1 is 0.750 bits per heavy atom. The van der Waals surface area contributed by atoms with Gasteiger partial charge in [0.2, 0.25) is 0 Å². The number of hydrogen-bond acceptors (Lipinski definition) is 6. The van der Waals surface area contributed by atoms with Gasteiger partial charge in [-0.3, -0.25) is 0 Å². The van der Waals surface area contributed by atoms with Gasteiger partial charge in [0.1, 0.15) is 17.2 Å². The van der Waals surface area contributed by atoms with Crippen LogP contribution in [0.3, 0.4) is 0 Å². The van der Waals surface area contributed by atoms with Gasteiger partial charge in [0.05, 0.1) is 19.3 Å². The molecule has 2 aromatic rings. The van der Waals surface area contributed by atoms with Crippen LogP contribution >= 0.6 is 0 Å². The van der Waals surface area contributed by atoms with Gasteiger partial charge < -0.3 is 18.9 Å². The van der Waals surface area contributed by atoms with Crippen LogP contribution in [0.1, 0.15) is 49.4 Å². The summed E-state index contributed by atoms with van der Waals surface area (Å²) >= 11 is 0. The molecule has 0 atom stereocenters. The minimum absolute atomic E-state index is 0.277. The van der Waals surface area contributed by atoms with E-state index in [4.69, 9.17) is 14.2 Å². The molecule has 0 aliphatic heterocycles. The maximum atomic E-state index is 12.2. The zero-order chi connectivity index (χ0) is 20.2. The van der Waals surface area contributed by atoms with Crippen molar-refractivity contribution in [1.82, 2.24) is 0 Å². The third-order valence-corrected chi connectivity index (χ3v) is 4.01. The third-order valence-electron chi connectivity index (χ3n) is 4.01. The lowest BCUT2D eigenvalue weighted by Crippen LogP contribution is -2.09. The topological polar surface area (TPSA) is 71.1 Å². The van der Waals surface area contributed by atoms with E-state index in [2.05, 4.69) is 11.7 Å². The standard InChI is InChI=1S/C22H26O6/c1-3-4-5-6-7-16-26-18-12-14-19(15-13-18)27-21(23)17-8-10-20(11-9-17)28-22(24)25-2/h8-15H,3-7,16H2,1-2H3. The van der Waals surface area contributed by atoms with Crippen LogP contribution in [0.25, 0.3) is 0 Å². The van der Waals surface area contributed by atoms with Gasteiger partial charge in [-0.05, 0) is 55.0 Å². The van der Waals surface area contributed by atoms with Crippen LogP contribution in [0.5, 0.6) is 17.2 Å². The molecule has 0 heterocycles. The van der Waals surface area contributed by atoms with Crippen molar-refractivity contribution >= 4 is 12.1 Å². The first-order valence-corrected chi connectivity index (χ1v) is 9.43. The molecule has 0 unspecified atom stereocenters. The second kappa shape index (κ2) is 11.6. The highest BCUT2D eigenvalue weighted by Gasteiger charge is 2.10. The lowest BCUT2D eigenvalue weighted by Gasteiger charge is -2.08. The highest BCUT2D eigenvalue weighted by Crippen LogP contribution is 2.20. The van der Waals surface area contributed by atoms with Crippen LogP contribution in [0.2, 0.25) is 0 Å². The Hall–Kier alpha value is -3.02. The van der Waals surface area contributed by atoms with Crippen molar-refractivity contribution in [3.05, 3.63) is 54.1 Å². The molecule has 0 amide bonds. The van der Waals surface area contributed by atoms with Crippen molar-refractivity contribution in [2.45, 2.75) is 39.0 Å². The summed E-state index contributed by atoms with van der Waals surface area (Å²) in [5, 5.41) is 0. The van der Waals surface area contributed by atoms with E-state index in [1.54, 1.807) is 24.3 Å². The molecule has 0 spiro atoms. The highest BCUT2D eigenvalue weighted by atomic mass is 16.7. The summed E-state index contributed by atoms with van der Waals surface area (Å²) in [5.74, 6) is 0.948. The normalized spacial score (nSPS) is 10.2. The Kier molecular flexibility index (Phi) is 8.85. The second-order valence-corrected chi connectivity index (χ2v) is 6.20. The summed E-state index contributed by atoms with van der Waals surface area (Å²) in [6, 6.07) is 12.9. The summed E-state index contributed by atoms with van der Waals surface area (Å²) < 4.78 is 20.3. The molecule has 0 aliphatic rings. The number of methoxy groups -OCH3 is 1. The fourth-order valence-electron chi connectivity index (χ4n) is 2.46. The number of rotatable bonds is 10. The fraction of sp³-hybridized carbons (Fsp3) is 0.364. The molecule has 0 radical (unpaired) electrons. The first kappa shape index (κ1) is 21.3. The van der Waals surface area contributed by atoms with Crippen molar-refractivity contribution in [1.29, 1.82) is 0 Å². The van der Waals surface area contributed by atoms with E-state index in [0.29, 0.717) is 17.9 Å². The maximum absolute atomic E-state index is 12.2. The number of ether oxygens (including phenoxy) is 4. The van der Waals surface area contributed by atoms with Gasteiger partial charge in [0.15, 0.2) is 0 Å². The van der Waals surface area contributed by atoms with Gasteiger partial charge in [-0.15, -0.1) is 0 Å². The van der Waals surface area contributed by atoms with E-state index < -0.39 is 12.1 Å². The number of esters is 1. The second-order valence-electron chi connectivity index (χ2n) is 6.20. The largest absolute Gasteiger partial charge is 0.513 e. The SMILES string of the molecule is CCCCCCCOc1ccc(OC(=O)c2ccc(OC(=O)OC)cc2)cc1. The van der Waals surface area contributed by atoms with E-state index in [9.17, 15) is 9.59 Å². The molecule has 0 aromatic heterocycles. The van der Waals surface area contributed by atoms with Gasteiger partial charge in [-0.2, -0.15) is 0 Å². The predicted molar refractivity (Wildman–Crippen MR) is 105 cm³/mol. The monoisotopic (exact) mass is 386 g/mol. The zero-order valence-electron chi connectivity index (χ0n) is 16.3. The van der Waals surface area contributed by atoms with Crippen LogP contribution in [0.4, 0.5) is 4.79 Å². The molecule has 0 N–H and O–H groups in total. The molecular formula is C22H26O6. The van der Waals surface area contributed by atoms with Crippen molar-refractivity contribution in [2.75, 3.05) is 13.7 Å². The Morgan fingerprint density at radius 2 is 1.32 bits per heavy atom. The van der Waals surface area contributed by atoms with Crippen molar-refractivity contribution in [3.63, 3.8) is 0 Å². The summed E-state index contributed by atoms with van der Waals surface area (Å²) in [5.41, 5.74) is 0.338. The average Bonchev–Trinajstić information content (AvgIpc) is 2.72. The molecular weight excluding hydrogens is 360 g/mol. The molecule has 2 rings (SSSR count). The minimum Gasteiger partial charge on any atom is -0.494 e. The van der Waals surface area contributed by atoms with Crippen LogP contribution in [0, 0.1) is 0 Å². The molecule has 6 nitrogen and oxygen atoms in total. The van der Waals surface area contributed by atoms with E-state index in [1.165, 1.54) is 57.1 Å². The van der Waals surface area contributed by atoms with Gasteiger partial charge in [0, 0.05) is 0 Å². The summed E-state index contributed by atoms with van der Waals surface area (Å²) in [6.07, 6.45) is 5.12. The molecule has 6 heteroatoms. The summed E-state index contributed by atoms with van der Waals surface area (Å²) in [4.78, 5) is 23.2. The van der Waals surface area contributed by atoms with E-state index in [-0.39, 0.29) is 5.75 Å². The fourth-order valence-corrected chi connectivity index (χ4v) is 2.46. The number of carbonyl (C=O) groups is 2. The molecule has 0 aliphatic carbocycles. The molecule has 2 aromatic carbocycles. The average molecular weight is 386 g/mol. The highest BCUT2D eigenvalue weighted by molar-refractivity contribution is 5.91. The number of hydrogen-bond donors (Lipinski definition) is 0. The molecule has 0 fully saturated rings. The molecule has 28 heavy (non-hydrogen) atoms. The lowest BCUT2D eigenvalue weighted by molar-refractivity contribution is 0.0734. The smallest absolute Gasteiger partial charge is 0.494 e. The van der Waals surface area contributed by atoms with Gasteiger partial charge in [-0.25, -0.2) is 9.59 Å². The quantitative estimate of drug-likeness (QED) is 0.236. The first-order valence-electron chi connectivity index (χ1n) is 9.43. The number of benzene rings is 2. The molecule has 0 bridgehead atoms. The molecule has 150 valence electrons. The van der Waals surface area contributed by atoms with Crippen molar-refractivity contribution in [3.8, 4) is 17.2 Å². The predicted octanol–water partition coefficient (Wildman–Crippen LogP) is 5.40. The summed E-state index contributed by atoms with van der Waals surface area (Å²) in [7, 11) is 1.22. The van der Waals surface area contributed by atoms with Gasteiger partial charge >= 0.3 is 12.1 Å². The third kappa shape index (κ3) is 7.31. The van der Waals surface area contributed by atoms with Crippen LogP contribution in [-0.2, 0) is 4.74 Å². The van der Waals surface area contributed by atoms with Gasteiger partial charge in [0.25, 0.3) is 0 Å². The molecule has 0 saturated heterocycles. The van der Waals surface area contributed by atoms with Crippen molar-refractivity contribution < 1.29 is 28.5 Å². The van der Waals surface area contributed by atoms with Crippen LogP contribution < -0.4 is 14.2 Å². The zero-order valence-corrected chi connectivity index (χ0v) is 16.3.